The molecule has 1 spiro atoms. The third kappa shape index (κ3) is 12.1. The maximum atomic E-state index is 13.3. The Kier molecular flexibility index (Phi) is 16.2. The molecule has 11 nitrogen and oxygen atoms in total. The molecule has 2 fully saturated rings. The summed E-state index contributed by atoms with van der Waals surface area (Å²) in [6.07, 6.45) is 11.7. The SMILES string of the molecule is CCCCN(CCCCCc1ccc(O)c2c1OCC(=O)C2)C(=O)CCOCCc1ccc(CCN2CCC3(CC2)CN(C(=O)c2cnc(C(C)C)s2)CCO3)cc1. The standard InChI is InChI=1S/C46H64N4O7S/c1-4-5-21-49(22-8-6-7-9-37-14-15-40(52)39-30-38(51)32-56-43(37)39)42(53)18-28-55-27-17-36-12-10-35(11-13-36)16-23-48-24-19-46(20-25-48)33-50(26-29-57-46)45(54)41-31-47-44(58-41)34(2)3/h10-15,31,34,52H,4-9,16-30,32-33H2,1-3H3. The number of Topliss-reactive ketones (excluding diaryl/α,β-unsaturated/α-hetero) is 1. The molecule has 2 amide bonds. The first kappa shape index (κ1) is 43.7. The van der Waals surface area contributed by atoms with Crippen LogP contribution in [0.1, 0.15) is 115 Å². The van der Waals surface area contributed by atoms with Crippen molar-refractivity contribution in [1.29, 1.82) is 0 Å². The number of hydrogen-bond donors (Lipinski definition) is 1. The number of rotatable bonds is 20. The van der Waals surface area contributed by atoms with Crippen molar-refractivity contribution in [3.8, 4) is 11.5 Å². The predicted octanol–water partition coefficient (Wildman–Crippen LogP) is 7.02. The van der Waals surface area contributed by atoms with Gasteiger partial charge in [-0.05, 0) is 74.1 Å². The summed E-state index contributed by atoms with van der Waals surface area (Å²) in [5.41, 5.74) is 3.94. The molecule has 4 heterocycles. The van der Waals surface area contributed by atoms with E-state index >= 15 is 0 Å². The van der Waals surface area contributed by atoms with E-state index in [4.69, 9.17) is 14.2 Å². The molecule has 3 aromatic rings. The summed E-state index contributed by atoms with van der Waals surface area (Å²) < 4.78 is 18.0. The summed E-state index contributed by atoms with van der Waals surface area (Å²) in [5, 5.41) is 11.2. The van der Waals surface area contributed by atoms with Gasteiger partial charge in [-0.2, -0.15) is 0 Å². The molecule has 58 heavy (non-hydrogen) atoms. The van der Waals surface area contributed by atoms with Crippen molar-refractivity contribution in [3.05, 3.63) is 74.7 Å². The van der Waals surface area contributed by atoms with E-state index < -0.39 is 0 Å². The molecule has 0 unspecified atom stereocenters. The first-order valence-electron chi connectivity index (χ1n) is 21.7. The highest BCUT2D eigenvalue weighted by molar-refractivity contribution is 7.13. The van der Waals surface area contributed by atoms with Gasteiger partial charge in [-0.25, -0.2) is 4.98 Å². The van der Waals surface area contributed by atoms with Crippen LogP contribution in [-0.2, 0) is 44.7 Å². The number of ether oxygens (including phenoxy) is 3. The van der Waals surface area contributed by atoms with Crippen LogP contribution >= 0.6 is 11.3 Å². The maximum Gasteiger partial charge on any atom is 0.265 e. The summed E-state index contributed by atoms with van der Waals surface area (Å²) in [7, 11) is 0. The number of benzene rings is 2. The van der Waals surface area contributed by atoms with Gasteiger partial charge in [-0.15, -0.1) is 11.3 Å². The van der Waals surface area contributed by atoms with Gasteiger partial charge in [0.1, 0.15) is 23.0 Å². The number of aromatic hydroxyl groups is 1. The number of thiazole rings is 1. The third-order valence-corrected chi connectivity index (χ3v) is 13.1. The van der Waals surface area contributed by atoms with Gasteiger partial charge in [-0.3, -0.25) is 14.4 Å². The lowest BCUT2D eigenvalue weighted by Gasteiger charge is -2.47. The quantitative estimate of drug-likeness (QED) is 0.120. The number of unbranched alkanes of at least 4 members (excludes halogenated alkanes) is 3. The summed E-state index contributed by atoms with van der Waals surface area (Å²) >= 11 is 1.52. The molecular formula is C46H64N4O7S. The molecule has 0 saturated carbocycles. The second-order valence-corrected chi connectivity index (χ2v) is 17.7. The predicted molar refractivity (Wildman–Crippen MR) is 227 cm³/mol. The minimum absolute atomic E-state index is 0.0180. The third-order valence-electron chi connectivity index (χ3n) is 11.8. The Labute approximate surface area is 349 Å². The first-order valence-corrected chi connectivity index (χ1v) is 22.5. The number of aryl methyl sites for hydroxylation is 1. The second kappa shape index (κ2) is 21.4. The Morgan fingerprint density at radius 1 is 0.966 bits per heavy atom. The molecule has 0 bridgehead atoms. The average Bonchev–Trinajstić information content (AvgIpc) is 3.74. The molecule has 0 radical (unpaired) electrons. The summed E-state index contributed by atoms with van der Waals surface area (Å²) in [6, 6.07) is 12.4. The van der Waals surface area contributed by atoms with Crippen molar-refractivity contribution >= 4 is 28.9 Å². The lowest BCUT2D eigenvalue weighted by Crippen LogP contribution is -2.58. The van der Waals surface area contributed by atoms with Gasteiger partial charge in [-0.1, -0.05) is 63.9 Å². The van der Waals surface area contributed by atoms with Gasteiger partial charge in [0, 0.05) is 57.2 Å². The number of carbonyl (C=O) groups excluding carboxylic acids is 3. The maximum absolute atomic E-state index is 13.3. The molecule has 1 N–H and O–H groups in total. The Balaban J connectivity index is 0.837. The lowest BCUT2D eigenvalue weighted by atomic mass is 9.89. The zero-order chi connectivity index (χ0) is 40.9. The fourth-order valence-corrected chi connectivity index (χ4v) is 9.09. The molecule has 1 aromatic heterocycles. The summed E-state index contributed by atoms with van der Waals surface area (Å²) in [5.74, 6) is 1.34. The van der Waals surface area contributed by atoms with Gasteiger partial charge < -0.3 is 34.0 Å². The Morgan fingerprint density at radius 3 is 2.47 bits per heavy atom. The number of fused-ring (bicyclic) bond motifs is 1. The van der Waals surface area contributed by atoms with Crippen LogP contribution in [0.5, 0.6) is 11.5 Å². The average molecular weight is 817 g/mol. The van der Waals surface area contributed by atoms with E-state index in [1.54, 1.807) is 12.3 Å². The van der Waals surface area contributed by atoms with Gasteiger partial charge in [0.25, 0.3) is 5.91 Å². The van der Waals surface area contributed by atoms with Crippen molar-refractivity contribution in [2.24, 2.45) is 0 Å². The van der Waals surface area contributed by atoms with Crippen molar-refractivity contribution < 1.29 is 33.7 Å². The highest BCUT2D eigenvalue weighted by Crippen LogP contribution is 2.36. The second-order valence-electron chi connectivity index (χ2n) is 16.6. The van der Waals surface area contributed by atoms with Crippen LogP contribution in [0.3, 0.4) is 0 Å². The van der Waals surface area contributed by atoms with Crippen molar-refractivity contribution in [2.75, 3.05) is 72.2 Å². The van der Waals surface area contributed by atoms with E-state index in [-0.39, 0.29) is 42.0 Å². The zero-order valence-electron chi connectivity index (χ0n) is 35.0. The number of aromatic nitrogens is 1. The van der Waals surface area contributed by atoms with Gasteiger partial charge >= 0.3 is 0 Å². The molecular weight excluding hydrogens is 753 g/mol. The van der Waals surface area contributed by atoms with E-state index in [9.17, 15) is 19.5 Å². The Hall–Kier alpha value is -3.84. The molecule has 316 valence electrons. The molecule has 6 rings (SSSR count). The largest absolute Gasteiger partial charge is 0.508 e. The molecule has 2 aromatic carbocycles. The number of ketones is 1. The molecule has 0 aliphatic carbocycles. The van der Waals surface area contributed by atoms with Crippen LogP contribution in [0.4, 0.5) is 0 Å². The topological polar surface area (TPSA) is 122 Å². The summed E-state index contributed by atoms with van der Waals surface area (Å²) in [6.45, 7) is 13.8. The monoisotopic (exact) mass is 816 g/mol. The molecule has 3 aliphatic rings. The minimum Gasteiger partial charge on any atom is -0.508 e. The van der Waals surface area contributed by atoms with Crippen LogP contribution in [-0.4, -0.2) is 120 Å². The number of amides is 2. The van der Waals surface area contributed by atoms with Gasteiger partial charge in [0.05, 0.1) is 49.6 Å². The van der Waals surface area contributed by atoms with Crippen molar-refractivity contribution in [2.45, 2.75) is 109 Å². The number of nitrogens with zero attached hydrogens (tertiary/aromatic N) is 4. The van der Waals surface area contributed by atoms with E-state index in [0.717, 1.165) is 112 Å². The van der Waals surface area contributed by atoms with Gasteiger partial charge in [0.15, 0.2) is 5.78 Å². The Morgan fingerprint density at radius 2 is 1.72 bits per heavy atom. The van der Waals surface area contributed by atoms with E-state index in [1.165, 1.54) is 22.5 Å². The van der Waals surface area contributed by atoms with E-state index in [1.807, 2.05) is 15.9 Å². The minimum atomic E-state index is -0.249. The summed E-state index contributed by atoms with van der Waals surface area (Å²) in [4.78, 5) is 49.9. The van der Waals surface area contributed by atoms with E-state index in [2.05, 4.69) is 54.9 Å². The van der Waals surface area contributed by atoms with Crippen LogP contribution < -0.4 is 4.74 Å². The molecule has 2 saturated heterocycles. The number of carbonyl (C=O) groups is 3. The fraction of sp³-hybridized carbons (Fsp3) is 0.609. The molecule has 0 atom stereocenters. The van der Waals surface area contributed by atoms with Crippen LogP contribution in [0, 0.1) is 0 Å². The van der Waals surface area contributed by atoms with Crippen LogP contribution in [0.25, 0.3) is 0 Å². The molecule has 12 heteroatoms. The number of phenolic OH excluding ortho intramolecular Hbond substituents is 1. The highest BCUT2D eigenvalue weighted by atomic mass is 32.1. The normalized spacial score (nSPS) is 16.8. The fourth-order valence-electron chi connectivity index (χ4n) is 8.20. The number of hydrogen-bond acceptors (Lipinski definition) is 10. The van der Waals surface area contributed by atoms with Crippen molar-refractivity contribution in [1.82, 2.24) is 19.7 Å². The number of phenols is 1. The highest BCUT2D eigenvalue weighted by Gasteiger charge is 2.41. The molecule has 3 aliphatic heterocycles. The zero-order valence-corrected chi connectivity index (χ0v) is 35.8. The van der Waals surface area contributed by atoms with Crippen LogP contribution in [0.2, 0.25) is 0 Å². The number of piperidine rings is 1. The number of likely N-dealkylation sites (tertiary alicyclic amines) is 1. The first-order chi connectivity index (χ1) is 28.1. The van der Waals surface area contributed by atoms with Gasteiger partial charge in [0.2, 0.25) is 5.91 Å². The Bertz CT molecular complexity index is 1800. The smallest absolute Gasteiger partial charge is 0.265 e. The van der Waals surface area contributed by atoms with Crippen LogP contribution in [0.15, 0.2) is 42.6 Å². The lowest BCUT2D eigenvalue weighted by molar-refractivity contribution is -0.132. The van der Waals surface area contributed by atoms with E-state index in [0.29, 0.717) is 56.6 Å². The van der Waals surface area contributed by atoms with Crippen molar-refractivity contribution in [3.63, 3.8) is 0 Å². The number of morpholine rings is 1.